The SMILES string of the molecule is O=C(CN1CCCC1)N1CCN(C(=O)ON2C(=O)CCC2=O)CC1.O=CO. The second kappa shape index (κ2) is 9.86. The van der Waals surface area contributed by atoms with E-state index in [-0.39, 0.29) is 25.2 Å². The Morgan fingerprint density at radius 2 is 1.41 bits per heavy atom. The van der Waals surface area contributed by atoms with Gasteiger partial charge in [0.1, 0.15) is 0 Å². The van der Waals surface area contributed by atoms with Crippen LogP contribution in [0.1, 0.15) is 25.7 Å². The van der Waals surface area contributed by atoms with Gasteiger partial charge in [0.2, 0.25) is 5.91 Å². The standard InChI is InChI=1S/C15H22N4O5.CH2O2/c20-12-3-4-13(21)19(12)24-15(23)18-9-7-17(8-10-18)14(22)11-16-5-1-2-6-16;2-1-3/h1-11H2;1H,(H,2,3). The van der Waals surface area contributed by atoms with Crippen LogP contribution in [0.3, 0.4) is 0 Å². The zero-order valence-electron chi connectivity index (χ0n) is 15.0. The van der Waals surface area contributed by atoms with E-state index in [1.165, 1.54) is 4.90 Å². The van der Waals surface area contributed by atoms with Gasteiger partial charge in [-0.2, -0.15) is 0 Å². The van der Waals surface area contributed by atoms with Crippen molar-refractivity contribution in [3.63, 3.8) is 0 Å². The number of carbonyl (C=O) groups excluding carboxylic acids is 4. The van der Waals surface area contributed by atoms with Crippen molar-refractivity contribution in [3.8, 4) is 0 Å². The first-order valence-electron chi connectivity index (χ1n) is 8.87. The van der Waals surface area contributed by atoms with E-state index in [2.05, 4.69) is 4.90 Å². The fraction of sp³-hybridized carbons (Fsp3) is 0.688. The molecule has 11 nitrogen and oxygen atoms in total. The van der Waals surface area contributed by atoms with Crippen molar-refractivity contribution in [1.29, 1.82) is 0 Å². The minimum atomic E-state index is -0.717. The van der Waals surface area contributed by atoms with Gasteiger partial charge in [0, 0.05) is 39.0 Å². The summed E-state index contributed by atoms with van der Waals surface area (Å²) in [7, 11) is 0. The normalized spacial score (nSPS) is 20.4. The molecule has 27 heavy (non-hydrogen) atoms. The van der Waals surface area contributed by atoms with Crippen molar-refractivity contribution in [2.24, 2.45) is 0 Å². The summed E-state index contributed by atoms with van der Waals surface area (Å²) < 4.78 is 0. The van der Waals surface area contributed by atoms with Crippen LogP contribution >= 0.6 is 0 Å². The van der Waals surface area contributed by atoms with Crippen molar-refractivity contribution in [2.75, 3.05) is 45.8 Å². The minimum absolute atomic E-state index is 0.0743. The molecule has 4 amide bonds. The maximum atomic E-state index is 12.2. The molecule has 3 fully saturated rings. The number of piperazine rings is 1. The Kier molecular flexibility index (Phi) is 7.53. The molecular weight excluding hydrogens is 360 g/mol. The largest absolute Gasteiger partial charge is 0.483 e. The molecule has 0 atom stereocenters. The Hall–Kier alpha value is -2.69. The van der Waals surface area contributed by atoms with Crippen LogP contribution in [-0.2, 0) is 24.0 Å². The van der Waals surface area contributed by atoms with Crippen molar-refractivity contribution in [1.82, 2.24) is 19.8 Å². The topological polar surface area (TPSA) is 128 Å². The number of hydroxylamine groups is 2. The highest BCUT2D eigenvalue weighted by atomic mass is 16.7. The summed E-state index contributed by atoms with van der Waals surface area (Å²) in [4.78, 5) is 65.8. The first-order valence-corrected chi connectivity index (χ1v) is 8.87. The third-order valence-electron chi connectivity index (χ3n) is 4.62. The highest BCUT2D eigenvalue weighted by Crippen LogP contribution is 2.14. The molecule has 0 radical (unpaired) electrons. The van der Waals surface area contributed by atoms with Crippen LogP contribution < -0.4 is 0 Å². The fourth-order valence-electron chi connectivity index (χ4n) is 3.16. The summed E-state index contributed by atoms with van der Waals surface area (Å²) in [5, 5.41) is 7.44. The smallest absolute Gasteiger partial charge is 0.434 e. The fourth-order valence-corrected chi connectivity index (χ4v) is 3.16. The molecule has 1 N–H and O–H groups in total. The second-order valence-corrected chi connectivity index (χ2v) is 6.40. The molecule has 0 aliphatic carbocycles. The second-order valence-electron chi connectivity index (χ2n) is 6.40. The monoisotopic (exact) mass is 384 g/mol. The van der Waals surface area contributed by atoms with Gasteiger partial charge in [-0.05, 0) is 25.9 Å². The molecule has 0 aromatic heterocycles. The van der Waals surface area contributed by atoms with Gasteiger partial charge >= 0.3 is 6.09 Å². The maximum Gasteiger partial charge on any atom is 0.434 e. The molecule has 0 spiro atoms. The number of amides is 4. The summed E-state index contributed by atoms with van der Waals surface area (Å²) in [5.74, 6) is -0.907. The first-order chi connectivity index (χ1) is 13.0. The summed E-state index contributed by atoms with van der Waals surface area (Å²) in [6.07, 6.45) is 1.71. The number of hydrogen-bond acceptors (Lipinski definition) is 7. The van der Waals surface area contributed by atoms with Gasteiger partial charge in [-0.1, -0.05) is 0 Å². The minimum Gasteiger partial charge on any atom is -0.483 e. The third-order valence-corrected chi connectivity index (χ3v) is 4.62. The summed E-state index contributed by atoms with van der Waals surface area (Å²) in [5.41, 5.74) is 0. The van der Waals surface area contributed by atoms with Crippen LogP contribution in [0, 0.1) is 0 Å². The number of nitrogens with zero attached hydrogens (tertiary/aromatic N) is 4. The number of carboxylic acid groups (broad SMARTS) is 1. The zero-order chi connectivity index (χ0) is 19.8. The Morgan fingerprint density at radius 1 is 0.926 bits per heavy atom. The van der Waals surface area contributed by atoms with Crippen LogP contribution in [0.25, 0.3) is 0 Å². The number of likely N-dealkylation sites (tertiary alicyclic amines) is 1. The first kappa shape index (κ1) is 20.6. The molecule has 150 valence electrons. The Morgan fingerprint density at radius 3 is 1.93 bits per heavy atom. The number of hydrogen-bond donors (Lipinski definition) is 1. The molecule has 3 aliphatic heterocycles. The molecule has 0 unspecified atom stereocenters. The van der Waals surface area contributed by atoms with E-state index < -0.39 is 17.9 Å². The van der Waals surface area contributed by atoms with Gasteiger partial charge in [-0.3, -0.25) is 24.1 Å². The lowest BCUT2D eigenvalue weighted by molar-refractivity contribution is -0.174. The lowest BCUT2D eigenvalue weighted by Crippen LogP contribution is -2.53. The van der Waals surface area contributed by atoms with E-state index in [1.807, 2.05) is 0 Å². The maximum absolute atomic E-state index is 12.2. The number of rotatable bonds is 3. The van der Waals surface area contributed by atoms with Crippen LogP contribution in [-0.4, -0.2) is 101 Å². The predicted octanol–water partition coefficient (Wildman–Crippen LogP) is -0.872. The lowest BCUT2D eigenvalue weighted by atomic mass is 10.3. The van der Waals surface area contributed by atoms with Crippen LogP contribution in [0.5, 0.6) is 0 Å². The lowest BCUT2D eigenvalue weighted by Gasteiger charge is -2.35. The van der Waals surface area contributed by atoms with Gasteiger partial charge < -0.3 is 19.7 Å². The molecule has 0 saturated carbocycles. The molecule has 0 aromatic carbocycles. The summed E-state index contributed by atoms with van der Waals surface area (Å²) in [6.45, 7) is 3.65. The van der Waals surface area contributed by atoms with Crippen molar-refractivity contribution < 1.29 is 33.9 Å². The van der Waals surface area contributed by atoms with E-state index in [9.17, 15) is 19.2 Å². The van der Waals surface area contributed by atoms with Crippen LogP contribution in [0.15, 0.2) is 0 Å². The van der Waals surface area contributed by atoms with Crippen LogP contribution in [0.4, 0.5) is 4.79 Å². The summed E-state index contributed by atoms with van der Waals surface area (Å²) >= 11 is 0. The number of imide groups is 1. The van der Waals surface area contributed by atoms with Gasteiger partial charge in [-0.15, -0.1) is 5.06 Å². The van der Waals surface area contributed by atoms with Crippen LogP contribution in [0.2, 0.25) is 0 Å². The summed E-state index contributed by atoms with van der Waals surface area (Å²) in [6, 6.07) is 0. The van der Waals surface area contributed by atoms with Gasteiger partial charge in [0.15, 0.2) is 0 Å². The molecule has 3 heterocycles. The molecule has 11 heteroatoms. The highest BCUT2D eigenvalue weighted by Gasteiger charge is 2.35. The van der Waals surface area contributed by atoms with E-state index >= 15 is 0 Å². The Labute approximate surface area is 156 Å². The predicted molar refractivity (Wildman–Crippen MR) is 90.1 cm³/mol. The van der Waals surface area contributed by atoms with E-state index in [1.54, 1.807) is 4.90 Å². The Balaban J connectivity index is 0.000000817. The molecule has 0 bridgehead atoms. The molecular formula is C16H24N4O7. The van der Waals surface area contributed by atoms with Gasteiger partial charge in [0.25, 0.3) is 18.3 Å². The average molecular weight is 384 g/mol. The number of carbonyl (C=O) groups is 5. The van der Waals surface area contributed by atoms with Gasteiger partial charge in [0.05, 0.1) is 6.54 Å². The van der Waals surface area contributed by atoms with Crippen molar-refractivity contribution in [3.05, 3.63) is 0 Å². The third kappa shape index (κ3) is 5.64. The quantitative estimate of drug-likeness (QED) is 0.491. The Bertz CT molecular complexity index is 567. The van der Waals surface area contributed by atoms with Crippen molar-refractivity contribution in [2.45, 2.75) is 25.7 Å². The molecule has 3 saturated heterocycles. The molecule has 3 aliphatic rings. The average Bonchev–Trinajstić information content (AvgIpc) is 3.27. The molecule has 3 rings (SSSR count). The molecule has 0 aromatic rings. The van der Waals surface area contributed by atoms with E-state index in [0.717, 1.165) is 25.9 Å². The van der Waals surface area contributed by atoms with Gasteiger partial charge in [-0.25, -0.2) is 4.79 Å². The van der Waals surface area contributed by atoms with E-state index in [4.69, 9.17) is 14.7 Å². The van der Waals surface area contributed by atoms with Crippen molar-refractivity contribution >= 4 is 30.3 Å². The zero-order valence-corrected chi connectivity index (χ0v) is 15.0. The highest BCUT2D eigenvalue weighted by molar-refractivity contribution is 6.01. The van der Waals surface area contributed by atoms with E-state index in [0.29, 0.717) is 37.8 Å².